The van der Waals surface area contributed by atoms with Crippen LogP contribution in [0.25, 0.3) is 10.9 Å². The Kier molecular flexibility index (Phi) is 7.94. The molecule has 1 aliphatic heterocycles. The topological polar surface area (TPSA) is 100 Å². The Balaban J connectivity index is 1.35. The van der Waals surface area contributed by atoms with Crippen molar-refractivity contribution in [1.82, 2.24) is 20.0 Å². The third-order valence-corrected chi connectivity index (χ3v) is 7.32. The minimum atomic E-state index is -0.576. The van der Waals surface area contributed by atoms with Crippen LogP contribution in [0.3, 0.4) is 0 Å². The smallest absolute Gasteiger partial charge is 0.253 e. The average molecular weight is 502 g/mol. The van der Waals surface area contributed by atoms with Gasteiger partial charge in [0.1, 0.15) is 0 Å². The first kappa shape index (κ1) is 26.4. The van der Waals surface area contributed by atoms with Crippen molar-refractivity contribution in [2.24, 2.45) is 5.92 Å². The summed E-state index contributed by atoms with van der Waals surface area (Å²) in [4.78, 5) is 27.5. The zero-order valence-corrected chi connectivity index (χ0v) is 22.1. The minimum absolute atomic E-state index is 0.0384. The predicted molar refractivity (Wildman–Crippen MR) is 142 cm³/mol. The van der Waals surface area contributed by atoms with Crippen LogP contribution in [-0.4, -0.2) is 59.8 Å². The van der Waals surface area contributed by atoms with Crippen molar-refractivity contribution in [3.63, 3.8) is 0 Å². The zero-order valence-electron chi connectivity index (χ0n) is 22.1. The molecular weight excluding hydrogens is 466 g/mol. The highest BCUT2D eigenvalue weighted by Gasteiger charge is 2.25. The van der Waals surface area contributed by atoms with Gasteiger partial charge in [-0.2, -0.15) is 10.4 Å². The van der Waals surface area contributed by atoms with Gasteiger partial charge in [0.2, 0.25) is 0 Å². The molecule has 0 spiro atoms. The summed E-state index contributed by atoms with van der Waals surface area (Å²) < 4.78 is 6.98. The van der Waals surface area contributed by atoms with E-state index in [9.17, 15) is 14.9 Å². The van der Waals surface area contributed by atoms with Crippen LogP contribution in [-0.2, 0) is 16.7 Å². The number of benzene rings is 2. The summed E-state index contributed by atoms with van der Waals surface area (Å²) in [5, 5.41) is 17.9. The second-order valence-corrected chi connectivity index (χ2v) is 10.3. The van der Waals surface area contributed by atoms with Crippen molar-refractivity contribution in [2.45, 2.75) is 45.6 Å². The lowest BCUT2D eigenvalue weighted by atomic mass is 9.86. The number of likely N-dealkylation sites (tertiary alicyclic amines) is 1. The Labute approximate surface area is 218 Å². The molecule has 194 valence electrons. The maximum absolute atomic E-state index is 13.0. The summed E-state index contributed by atoms with van der Waals surface area (Å²) in [6.07, 6.45) is 3.85. The van der Waals surface area contributed by atoms with Crippen LogP contribution in [0, 0.1) is 24.2 Å². The van der Waals surface area contributed by atoms with Crippen LogP contribution < -0.4 is 5.32 Å². The number of nitrogens with zero attached hydrogens (tertiary/aromatic N) is 4. The maximum Gasteiger partial charge on any atom is 0.253 e. The van der Waals surface area contributed by atoms with Crippen LogP contribution in [0.15, 0.2) is 42.6 Å². The Morgan fingerprint density at radius 3 is 2.51 bits per heavy atom. The number of amides is 2. The number of hydrogen-bond acceptors (Lipinski definition) is 5. The Bertz CT molecular complexity index is 1310. The van der Waals surface area contributed by atoms with Crippen molar-refractivity contribution in [3.8, 4) is 6.07 Å². The molecule has 1 fully saturated rings. The van der Waals surface area contributed by atoms with E-state index in [4.69, 9.17) is 9.84 Å². The van der Waals surface area contributed by atoms with Gasteiger partial charge in [-0.25, -0.2) is 0 Å². The van der Waals surface area contributed by atoms with Crippen molar-refractivity contribution >= 4 is 22.7 Å². The third kappa shape index (κ3) is 5.83. The second-order valence-electron chi connectivity index (χ2n) is 10.3. The van der Waals surface area contributed by atoms with Crippen LogP contribution in [0.2, 0.25) is 0 Å². The van der Waals surface area contributed by atoms with Crippen molar-refractivity contribution in [3.05, 3.63) is 64.8 Å². The van der Waals surface area contributed by atoms with Gasteiger partial charge >= 0.3 is 0 Å². The molecule has 1 saturated heterocycles. The quantitative estimate of drug-likeness (QED) is 0.469. The van der Waals surface area contributed by atoms with E-state index >= 15 is 0 Å². The number of piperidine rings is 1. The lowest BCUT2D eigenvalue weighted by molar-refractivity contribution is 0.0681. The first-order chi connectivity index (χ1) is 17.7. The van der Waals surface area contributed by atoms with Crippen molar-refractivity contribution < 1.29 is 14.3 Å². The summed E-state index contributed by atoms with van der Waals surface area (Å²) in [5.41, 5.74) is 3.44. The normalized spacial score (nSPS) is 14.5. The van der Waals surface area contributed by atoms with Crippen LogP contribution in [0.1, 0.15) is 58.5 Å². The van der Waals surface area contributed by atoms with Crippen molar-refractivity contribution in [2.75, 3.05) is 33.4 Å². The van der Waals surface area contributed by atoms with E-state index in [0.717, 1.165) is 41.4 Å². The van der Waals surface area contributed by atoms with E-state index in [-0.39, 0.29) is 11.8 Å². The largest absolute Gasteiger partial charge is 0.383 e. The number of rotatable bonds is 8. The second kappa shape index (κ2) is 11.1. The average Bonchev–Trinajstić information content (AvgIpc) is 3.32. The highest BCUT2D eigenvalue weighted by Crippen LogP contribution is 2.26. The number of aromatic nitrogens is 2. The predicted octanol–water partition coefficient (Wildman–Crippen LogP) is 4.07. The van der Waals surface area contributed by atoms with Gasteiger partial charge < -0.3 is 15.0 Å². The molecule has 2 amide bonds. The summed E-state index contributed by atoms with van der Waals surface area (Å²) in [7, 11) is 1.61. The van der Waals surface area contributed by atoms with Gasteiger partial charge in [0.05, 0.1) is 23.6 Å². The van der Waals surface area contributed by atoms with Gasteiger partial charge in [0.15, 0.2) is 0 Å². The molecule has 1 N–H and O–H groups in total. The molecule has 2 heterocycles. The molecule has 2 aromatic carbocycles. The number of fused-ring (bicyclic) bond motifs is 1. The van der Waals surface area contributed by atoms with E-state index < -0.39 is 5.41 Å². The molecule has 3 aromatic rings. The molecule has 0 bridgehead atoms. The van der Waals surface area contributed by atoms with Crippen molar-refractivity contribution in [1.29, 1.82) is 5.26 Å². The third-order valence-electron chi connectivity index (χ3n) is 7.32. The van der Waals surface area contributed by atoms with Crippen LogP contribution in [0.5, 0.6) is 0 Å². The highest BCUT2D eigenvalue weighted by molar-refractivity contribution is 6.00. The molecule has 0 aliphatic carbocycles. The summed E-state index contributed by atoms with van der Waals surface area (Å²) in [6, 6.07) is 13.4. The van der Waals surface area contributed by atoms with Gasteiger partial charge in [-0.1, -0.05) is 12.1 Å². The monoisotopic (exact) mass is 501 g/mol. The van der Waals surface area contributed by atoms with E-state index in [1.807, 2.05) is 72.9 Å². The molecule has 0 unspecified atom stereocenters. The zero-order chi connectivity index (χ0) is 26.6. The number of carbonyl (C=O) groups excluding carboxylic acids is 2. The first-order valence-electron chi connectivity index (χ1n) is 12.8. The number of nitriles is 1. The number of nitrogens with one attached hydrogen (secondary N) is 1. The molecule has 0 atom stereocenters. The number of carbonyl (C=O) groups is 2. The Hall–Kier alpha value is -3.70. The first-order valence-corrected chi connectivity index (χ1v) is 12.8. The van der Waals surface area contributed by atoms with Gasteiger partial charge in [-0.05, 0) is 74.9 Å². The molecule has 8 nitrogen and oxygen atoms in total. The summed E-state index contributed by atoms with van der Waals surface area (Å²) >= 11 is 0. The number of ether oxygens (including phenoxy) is 1. The fourth-order valence-electron chi connectivity index (χ4n) is 4.84. The van der Waals surface area contributed by atoms with E-state index in [0.29, 0.717) is 43.3 Å². The molecule has 4 rings (SSSR count). The molecule has 0 saturated carbocycles. The van der Waals surface area contributed by atoms with Gasteiger partial charge in [0, 0.05) is 56.0 Å². The molecule has 1 aromatic heterocycles. The van der Waals surface area contributed by atoms with E-state index in [2.05, 4.69) is 11.4 Å². The van der Waals surface area contributed by atoms with Gasteiger partial charge in [0.25, 0.3) is 11.8 Å². The highest BCUT2D eigenvalue weighted by atomic mass is 16.5. The van der Waals surface area contributed by atoms with E-state index in [1.165, 1.54) is 0 Å². The fraction of sp³-hybridized carbons (Fsp3) is 0.448. The number of methoxy groups -OCH3 is 1. The number of aryl methyl sites for hydroxylation is 1. The standard InChI is InChI=1S/C29H35N5O3/c1-20-24(27(35)31-13-16-37-4)9-10-26-25(20)18-34(32-26)17-21-11-14-33(15-12-21)28(36)22-5-7-23(8-6-22)29(2,3)19-30/h5-10,18,21H,11-17H2,1-4H3,(H,31,35). The number of hydrogen-bond donors (Lipinski definition) is 1. The molecule has 37 heavy (non-hydrogen) atoms. The Morgan fingerprint density at radius 1 is 1.16 bits per heavy atom. The molecule has 1 aliphatic rings. The lowest BCUT2D eigenvalue weighted by Gasteiger charge is -2.32. The minimum Gasteiger partial charge on any atom is -0.383 e. The molecular formula is C29H35N5O3. The van der Waals surface area contributed by atoms with E-state index in [1.54, 1.807) is 7.11 Å². The summed E-state index contributed by atoms with van der Waals surface area (Å²) in [6.45, 7) is 8.85. The SMILES string of the molecule is COCCNC(=O)c1ccc2nn(CC3CCN(C(=O)c4ccc(C(C)(C)C#N)cc4)CC3)cc2c1C. The lowest BCUT2D eigenvalue weighted by Crippen LogP contribution is -2.39. The van der Waals surface area contributed by atoms with Crippen LogP contribution >= 0.6 is 0 Å². The van der Waals surface area contributed by atoms with Gasteiger partial charge in [-0.15, -0.1) is 0 Å². The van der Waals surface area contributed by atoms with Gasteiger partial charge in [-0.3, -0.25) is 14.3 Å². The summed E-state index contributed by atoms with van der Waals surface area (Å²) in [5.74, 6) is 0.357. The fourth-order valence-corrected chi connectivity index (χ4v) is 4.84. The Morgan fingerprint density at radius 2 is 1.86 bits per heavy atom. The maximum atomic E-state index is 13.0. The van der Waals surface area contributed by atoms with Crippen LogP contribution in [0.4, 0.5) is 0 Å². The molecule has 0 radical (unpaired) electrons. The molecule has 8 heteroatoms.